The Bertz CT molecular complexity index is 1580. The van der Waals surface area contributed by atoms with Crippen LogP contribution >= 0.6 is 0 Å². The lowest BCUT2D eigenvalue weighted by Crippen LogP contribution is -2.54. The number of halogens is 2. The van der Waals surface area contributed by atoms with E-state index in [1.807, 2.05) is 30.9 Å². The molecule has 0 spiro atoms. The van der Waals surface area contributed by atoms with Crippen LogP contribution in [0, 0.1) is 11.6 Å². The molecule has 2 aromatic carbocycles. The molecular formula is C27H25F2N5O3. The van der Waals surface area contributed by atoms with Gasteiger partial charge in [0.2, 0.25) is 0 Å². The summed E-state index contributed by atoms with van der Waals surface area (Å²) in [5, 5.41) is 14.0. The normalized spacial score (nSPS) is 17.0. The highest BCUT2D eigenvalue weighted by Crippen LogP contribution is 2.43. The van der Waals surface area contributed by atoms with Gasteiger partial charge in [0.25, 0.3) is 0 Å². The van der Waals surface area contributed by atoms with Crippen molar-refractivity contribution in [1.29, 1.82) is 0 Å². The molecule has 0 aliphatic carbocycles. The highest BCUT2D eigenvalue weighted by atomic mass is 19.1. The SMILES string of the molecule is CC(C)c1ccccc1-n1c(=O)nc2c3c(c(F)c(-c4c(O)cccc4F)nc31)OC[C@@H]1CNCCN21. The summed E-state index contributed by atoms with van der Waals surface area (Å²) in [6, 6.07) is 10.8. The summed E-state index contributed by atoms with van der Waals surface area (Å²) < 4.78 is 38.4. The van der Waals surface area contributed by atoms with Gasteiger partial charge in [-0.3, -0.25) is 0 Å². The fourth-order valence-corrected chi connectivity index (χ4v) is 5.20. The second-order valence-corrected chi connectivity index (χ2v) is 9.57. The Balaban J connectivity index is 1.78. The number of nitrogens with zero attached hydrogens (tertiary/aromatic N) is 4. The Morgan fingerprint density at radius 2 is 1.95 bits per heavy atom. The van der Waals surface area contributed by atoms with Gasteiger partial charge in [0.05, 0.1) is 17.3 Å². The zero-order valence-electron chi connectivity index (χ0n) is 20.3. The summed E-state index contributed by atoms with van der Waals surface area (Å²) in [4.78, 5) is 24.6. The number of phenols is 1. The van der Waals surface area contributed by atoms with Crippen LogP contribution in [0.25, 0.3) is 28.0 Å². The standard InChI is InChI=1S/C27H25F2N5O3/c1-14(2)16-6-3-4-8-18(16)34-26-21-24(22(29)23(31-26)20-17(28)7-5-9-19(20)35)37-13-15-12-30-10-11-33(15)25(21)32-27(34)36/h3-9,14-15,30,35H,10-13H2,1-2H3/t15-/m0/s1. The van der Waals surface area contributed by atoms with Crippen LogP contribution in [0.15, 0.2) is 47.3 Å². The molecule has 0 unspecified atom stereocenters. The van der Waals surface area contributed by atoms with Crippen LogP contribution < -0.4 is 20.6 Å². The molecule has 37 heavy (non-hydrogen) atoms. The minimum absolute atomic E-state index is 0.0531. The molecule has 4 aromatic rings. The summed E-state index contributed by atoms with van der Waals surface area (Å²) in [7, 11) is 0. The molecule has 1 saturated heterocycles. The van der Waals surface area contributed by atoms with Gasteiger partial charge in [-0.05, 0) is 29.7 Å². The maximum atomic E-state index is 16.1. The van der Waals surface area contributed by atoms with Crippen molar-refractivity contribution >= 4 is 16.9 Å². The van der Waals surface area contributed by atoms with Crippen LogP contribution in [-0.4, -0.2) is 51.9 Å². The number of hydrogen-bond acceptors (Lipinski definition) is 7. The highest BCUT2D eigenvalue weighted by molar-refractivity contribution is 5.97. The van der Waals surface area contributed by atoms with Crippen LogP contribution in [0.3, 0.4) is 0 Å². The highest BCUT2D eigenvalue weighted by Gasteiger charge is 2.35. The summed E-state index contributed by atoms with van der Waals surface area (Å²) in [5.41, 5.74) is 0.0406. The van der Waals surface area contributed by atoms with E-state index >= 15 is 4.39 Å². The van der Waals surface area contributed by atoms with Crippen molar-refractivity contribution in [3.8, 4) is 28.4 Å². The number of piperazine rings is 1. The predicted molar refractivity (Wildman–Crippen MR) is 136 cm³/mol. The first-order chi connectivity index (χ1) is 17.9. The predicted octanol–water partition coefficient (Wildman–Crippen LogP) is 3.73. The summed E-state index contributed by atoms with van der Waals surface area (Å²) in [5.74, 6) is -2.08. The Morgan fingerprint density at radius 1 is 1.14 bits per heavy atom. The molecule has 1 fully saturated rings. The number of hydrogen-bond donors (Lipinski definition) is 2. The number of anilines is 1. The van der Waals surface area contributed by atoms with Crippen molar-refractivity contribution in [2.24, 2.45) is 0 Å². The van der Waals surface area contributed by atoms with Gasteiger partial charge >= 0.3 is 5.69 Å². The first kappa shape index (κ1) is 23.4. The van der Waals surface area contributed by atoms with Gasteiger partial charge < -0.3 is 20.1 Å². The molecule has 190 valence electrons. The van der Waals surface area contributed by atoms with Crippen molar-refractivity contribution in [3.63, 3.8) is 0 Å². The third-order valence-corrected chi connectivity index (χ3v) is 6.97. The zero-order valence-corrected chi connectivity index (χ0v) is 20.3. The Hall–Kier alpha value is -4.05. The van der Waals surface area contributed by atoms with Gasteiger partial charge in [-0.2, -0.15) is 4.98 Å². The van der Waals surface area contributed by atoms with Crippen LogP contribution in [0.1, 0.15) is 25.3 Å². The smallest absolute Gasteiger partial charge is 0.355 e. The molecule has 6 rings (SSSR count). The van der Waals surface area contributed by atoms with E-state index in [0.717, 1.165) is 11.6 Å². The van der Waals surface area contributed by atoms with E-state index in [2.05, 4.69) is 15.3 Å². The van der Waals surface area contributed by atoms with Crippen LogP contribution in [0.4, 0.5) is 14.6 Å². The lowest BCUT2D eigenvalue weighted by atomic mass is 10.0. The summed E-state index contributed by atoms with van der Waals surface area (Å²) in [6.45, 7) is 5.88. The van der Waals surface area contributed by atoms with Crippen molar-refractivity contribution in [2.75, 3.05) is 31.1 Å². The van der Waals surface area contributed by atoms with Gasteiger partial charge in [0.15, 0.2) is 17.2 Å². The van der Waals surface area contributed by atoms with E-state index in [-0.39, 0.29) is 41.2 Å². The topological polar surface area (TPSA) is 92.5 Å². The van der Waals surface area contributed by atoms with E-state index in [9.17, 15) is 14.3 Å². The Labute approximate surface area is 211 Å². The molecule has 0 radical (unpaired) electrons. The van der Waals surface area contributed by atoms with Gasteiger partial charge in [-0.25, -0.2) is 23.1 Å². The number of aromatic nitrogens is 3. The largest absolute Gasteiger partial charge is 0.507 e. The molecule has 2 aliphatic heterocycles. The lowest BCUT2D eigenvalue weighted by molar-refractivity contribution is 0.264. The summed E-state index contributed by atoms with van der Waals surface area (Å²) in [6.07, 6.45) is 0. The third-order valence-electron chi connectivity index (χ3n) is 6.97. The molecule has 0 saturated carbocycles. The van der Waals surface area contributed by atoms with E-state index in [0.29, 0.717) is 25.3 Å². The van der Waals surface area contributed by atoms with E-state index in [4.69, 9.17) is 4.74 Å². The first-order valence-electron chi connectivity index (χ1n) is 12.2. The molecule has 4 heterocycles. The molecule has 2 N–H and O–H groups in total. The van der Waals surface area contributed by atoms with Crippen LogP contribution in [0.5, 0.6) is 11.5 Å². The molecule has 1 atom stereocenters. The average Bonchev–Trinajstić information content (AvgIpc) is 3.04. The minimum atomic E-state index is -0.925. The lowest BCUT2D eigenvalue weighted by Gasteiger charge is -2.35. The van der Waals surface area contributed by atoms with Crippen LogP contribution in [0.2, 0.25) is 0 Å². The maximum absolute atomic E-state index is 16.1. The number of ether oxygens (including phenoxy) is 1. The second-order valence-electron chi connectivity index (χ2n) is 9.57. The number of benzene rings is 2. The number of fused-ring (bicyclic) bond motifs is 2. The molecule has 2 aromatic heterocycles. The Kier molecular flexibility index (Phi) is 5.56. The van der Waals surface area contributed by atoms with E-state index < -0.39 is 34.3 Å². The fraction of sp³-hybridized carbons (Fsp3) is 0.296. The number of para-hydroxylation sites is 1. The minimum Gasteiger partial charge on any atom is -0.507 e. The molecular weight excluding hydrogens is 480 g/mol. The quantitative estimate of drug-likeness (QED) is 0.438. The molecule has 2 aliphatic rings. The third kappa shape index (κ3) is 3.62. The molecule has 0 bridgehead atoms. The van der Waals surface area contributed by atoms with Gasteiger partial charge in [-0.15, -0.1) is 0 Å². The van der Waals surface area contributed by atoms with Crippen molar-refractivity contribution in [3.05, 3.63) is 70.1 Å². The van der Waals surface area contributed by atoms with Crippen molar-refractivity contribution in [2.45, 2.75) is 25.8 Å². The number of nitrogens with one attached hydrogen (secondary N) is 1. The van der Waals surface area contributed by atoms with Gasteiger partial charge in [0, 0.05) is 19.6 Å². The zero-order chi connectivity index (χ0) is 25.8. The summed E-state index contributed by atoms with van der Waals surface area (Å²) >= 11 is 0. The fourth-order valence-electron chi connectivity index (χ4n) is 5.20. The second kappa shape index (κ2) is 8.81. The number of phenolic OH excluding ortho intramolecular Hbond substituents is 1. The van der Waals surface area contributed by atoms with Crippen LogP contribution in [-0.2, 0) is 0 Å². The first-order valence-corrected chi connectivity index (χ1v) is 12.2. The van der Waals surface area contributed by atoms with Crippen molar-refractivity contribution in [1.82, 2.24) is 19.9 Å². The molecule has 10 heteroatoms. The number of rotatable bonds is 3. The van der Waals surface area contributed by atoms with Gasteiger partial charge in [0.1, 0.15) is 35.1 Å². The molecule has 0 amide bonds. The average molecular weight is 506 g/mol. The number of pyridine rings is 1. The van der Waals surface area contributed by atoms with Gasteiger partial charge in [-0.1, -0.05) is 38.1 Å². The van der Waals surface area contributed by atoms with E-state index in [1.165, 1.54) is 16.7 Å². The number of aromatic hydroxyl groups is 1. The molecule has 8 nitrogen and oxygen atoms in total. The van der Waals surface area contributed by atoms with E-state index in [1.54, 1.807) is 12.1 Å². The van der Waals surface area contributed by atoms with Crippen molar-refractivity contribution < 1.29 is 18.6 Å². The Morgan fingerprint density at radius 3 is 2.73 bits per heavy atom. The maximum Gasteiger partial charge on any atom is 0.355 e. The monoisotopic (exact) mass is 505 g/mol.